The Kier molecular flexibility index (Phi) is 4.82. The van der Waals surface area contributed by atoms with Crippen molar-refractivity contribution in [1.29, 1.82) is 0 Å². The molecule has 27 heavy (non-hydrogen) atoms. The molecule has 0 saturated heterocycles. The molecule has 0 fully saturated rings. The van der Waals surface area contributed by atoms with Crippen molar-refractivity contribution in [2.75, 3.05) is 6.54 Å². The van der Waals surface area contributed by atoms with Gasteiger partial charge in [-0.15, -0.1) is 0 Å². The van der Waals surface area contributed by atoms with Crippen LogP contribution in [0.1, 0.15) is 56.1 Å². The van der Waals surface area contributed by atoms with Crippen LogP contribution in [0.3, 0.4) is 0 Å². The Morgan fingerprint density at radius 2 is 1.89 bits per heavy atom. The standard InChI is InChI=1S/C20H25BFN3O2/c1-11-9-14(10-12(2)17(11)22)25-18(21)16-13(3)24(8-7-15(16)23-25)19(26)27-20(4,5)6/h9-10,13H,7-8H2,1-6H3/t13-/m0/s1. The molecule has 1 aromatic heterocycles. The van der Waals surface area contributed by atoms with Gasteiger partial charge in [0.15, 0.2) is 0 Å². The number of carbonyl (C=O) groups is 1. The molecule has 1 aromatic carbocycles. The third-order valence-electron chi connectivity index (χ3n) is 4.80. The molecule has 7 heteroatoms. The maximum Gasteiger partial charge on any atom is 0.410 e. The summed E-state index contributed by atoms with van der Waals surface area (Å²) in [5.41, 5.74) is 3.40. The van der Waals surface area contributed by atoms with E-state index in [0.717, 1.165) is 11.3 Å². The lowest BCUT2D eigenvalue weighted by atomic mass is 9.89. The molecule has 1 aliphatic heterocycles. The Labute approximate surface area is 160 Å². The molecule has 0 unspecified atom stereocenters. The number of aromatic nitrogens is 2. The van der Waals surface area contributed by atoms with Crippen molar-refractivity contribution in [2.24, 2.45) is 0 Å². The molecule has 0 aliphatic carbocycles. The van der Waals surface area contributed by atoms with Gasteiger partial charge in [0.05, 0.1) is 17.4 Å². The number of ether oxygens (including phenoxy) is 1. The average Bonchev–Trinajstić information content (AvgIpc) is 2.88. The van der Waals surface area contributed by atoms with Crippen molar-refractivity contribution in [1.82, 2.24) is 14.7 Å². The SMILES string of the molecule is [B]c1c2c(nn1-c1cc(C)c(F)c(C)c1)CCN(C(=O)OC(C)(C)C)[C@H]2C. The monoisotopic (exact) mass is 369 g/mol. The summed E-state index contributed by atoms with van der Waals surface area (Å²) in [4.78, 5) is 14.2. The van der Waals surface area contributed by atoms with Crippen molar-refractivity contribution in [3.8, 4) is 5.69 Å². The van der Waals surface area contributed by atoms with Crippen molar-refractivity contribution in [3.63, 3.8) is 0 Å². The van der Waals surface area contributed by atoms with Crippen LogP contribution in [0.25, 0.3) is 5.69 Å². The molecule has 5 nitrogen and oxygen atoms in total. The largest absolute Gasteiger partial charge is 0.444 e. The topological polar surface area (TPSA) is 47.4 Å². The molecule has 0 N–H and O–H groups in total. The van der Waals surface area contributed by atoms with Crippen molar-refractivity contribution >= 4 is 19.5 Å². The van der Waals surface area contributed by atoms with E-state index >= 15 is 0 Å². The van der Waals surface area contributed by atoms with E-state index in [0.29, 0.717) is 35.4 Å². The van der Waals surface area contributed by atoms with Gasteiger partial charge in [-0.1, -0.05) is 0 Å². The Hall–Kier alpha value is -2.31. The third kappa shape index (κ3) is 3.60. The number of amides is 1. The highest BCUT2D eigenvalue weighted by Crippen LogP contribution is 2.30. The predicted octanol–water partition coefficient (Wildman–Crippen LogP) is 3.28. The first-order valence-corrected chi connectivity index (χ1v) is 9.13. The van der Waals surface area contributed by atoms with Gasteiger partial charge in [-0.05, 0) is 70.4 Å². The Bertz CT molecular complexity index is 878. The predicted molar refractivity (Wildman–Crippen MR) is 103 cm³/mol. The van der Waals surface area contributed by atoms with Crippen LogP contribution < -0.4 is 5.59 Å². The van der Waals surface area contributed by atoms with Crippen LogP contribution in [-0.4, -0.2) is 40.8 Å². The normalized spacial score (nSPS) is 17.0. The number of rotatable bonds is 1. The number of aryl methyl sites for hydroxylation is 2. The van der Waals surface area contributed by atoms with Gasteiger partial charge in [-0.3, -0.25) is 0 Å². The van der Waals surface area contributed by atoms with Gasteiger partial charge in [0, 0.05) is 18.5 Å². The molecular weight excluding hydrogens is 344 g/mol. The lowest BCUT2D eigenvalue weighted by Crippen LogP contribution is -2.43. The van der Waals surface area contributed by atoms with Crippen LogP contribution in [0.2, 0.25) is 0 Å². The number of nitrogens with zero attached hydrogens (tertiary/aromatic N) is 3. The summed E-state index contributed by atoms with van der Waals surface area (Å²) in [6, 6.07) is 3.21. The summed E-state index contributed by atoms with van der Waals surface area (Å²) >= 11 is 0. The van der Waals surface area contributed by atoms with Crippen LogP contribution in [0, 0.1) is 19.7 Å². The molecule has 3 rings (SSSR count). The van der Waals surface area contributed by atoms with Crippen molar-refractivity contribution in [2.45, 2.75) is 59.6 Å². The summed E-state index contributed by atoms with van der Waals surface area (Å²) in [7, 11) is 6.40. The first kappa shape index (κ1) is 19.5. The van der Waals surface area contributed by atoms with Crippen molar-refractivity contribution in [3.05, 3.63) is 40.3 Å². The number of hydrogen-bond acceptors (Lipinski definition) is 3. The van der Waals surface area contributed by atoms with E-state index in [-0.39, 0.29) is 18.0 Å². The van der Waals surface area contributed by atoms with Gasteiger partial charge in [-0.2, -0.15) is 5.10 Å². The van der Waals surface area contributed by atoms with Gasteiger partial charge < -0.3 is 9.64 Å². The zero-order chi connectivity index (χ0) is 20.1. The Morgan fingerprint density at radius 3 is 2.44 bits per heavy atom. The Balaban J connectivity index is 1.98. The molecular formula is C20H25BFN3O2. The second-order valence-corrected chi connectivity index (χ2v) is 8.15. The third-order valence-corrected chi connectivity index (χ3v) is 4.80. The second kappa shape index (κ2) is 6.70. The first-order chi connectivity index (χ1) is 12.5. The number of halogens is 1. The molecule has 1 amide bonds. The number of hydrogen-bond donors (Lipinski definition) is 0. The van der Waals surface area contributed by atoms with E-state index in [9.17, 15) is 9.18 Å². The molecule has 2 aromatic rings. The maximum absolute atomic E-state index is 14.0. The molecule has 0 saturated carbocycles. The van der Waals surface area contributed by atoms with E-state index in [1.165, 1.54) is 0 Å². The fourth-order valence-corrected chi connectivity index (χ4v) is 3.52. The molecule has 1 atom stereocenters. The molecule has 2 radical (unpaired) electrons. The number of benzene rings is 1. The quantitative estimate of drug-likeness (QED) is 0.725. The summed E-state index contributed by atoms with van der Waals surface area (Å²) < 4.78 is 21.1. The van der Waals surface area contributed by atoms with E-state index in [1.54, 1.807) is 35.6 Å². The molecule has 0 bridgehead atoms. The number of fused-ring (bicyclic) bond motifs is 1. The van der Waals surface area contributed by atoms with E-state index in [1.807, 2.05) is 27.7 Å². The Morgan fingerprint density at radius 1 is 1.30 bits per heavy atom. The van der Waals surface area contributed by atoms with E-state index in [2.05, 4.69) is 5.10 Å². The zero-order valence-electron chi connectivity index (χ0n) is 16.8. The van der Waals surface area contributed by atoms with Gasteiger partial charge in [0.25, 0.3) is 0 Å². The maximum atomic E-state index is 14.0. The van der Waals surface area contributed by atoms with Crippen LogP contribution >= 0.6 is 0 Å². The van der Waals surface area contributed by atoms with Gasteiger partial charge in [0.1, 0.15) is 19.3 Å². The first-order valence-electron chi connectivity index (χ1n) is 9.13. The van der Waals surface area contributed by atoms with E-state index in [4.69, 9.17) is 12.6 Å². The highest BCUT2D eigenvalue weighted by Gasteiger charge is 2.34. The fourth-order valence-electron chi connectivity index (χ4n) is 3.52. The summed E-state index contributed by atoms with van der Waals surface area (Å²) in [5.74, 6) is -0.223. The molecule has 0 spiro atoms. The summed E-state index contributed by atoms with van der Waals surface area (Å²) in [5, 5.41) is 4.64. The molecule has 1 aliphatic rings. The van der Waals surface area contributed by atoms with Gasteiger partial charge in [0.2, 0.25) is 0 Å². The smallest absolute Gasteiger partial charge is 0.410 e. The van der Waals surface area contributed by atoms with Crippen LogP contribution in [-0.2, 0) is 11.2 Å². The molecule has 142 valence electrons. The van der Waals surface area contributed by atoms with Crippen molar-refractivity contribution < 1.29 is 13.9 Å². The highest BCUT2D eigenvalue weighted by atomic mass is 19.1. The minimum Gasteiger partial charge on any atom is -0.444 e. The van der Waals surface area contributed by atoms with Crippen LogP contribution in [0.5, 0.6) is 0 Å². The summed E-state index contributed by atoms with van der Waals surface area (Å²) in [6.45, 7) is 11.4. The van der Waals surface area contributed by atoms with Crippen LogP contribution in [0.15, 0.2) is 12.1 Å². The minimum atomic E-state index is -0.560. The summed E-state index contributed by atoms with van der Waals surface area (Å²) in [6.07, 6.45) is 0.233. The second-order valence-electron chi connectivity index (χ2n) is 8.15. The minimum absolute atomic E-state index is 0.223. The average molecular weight is 369 g/mol. The fraction of sp³-hybridized carbons (Fsp3) is 0.500. The van der Waals surface area contributed by atoms with Gasteiger partial charge in [-0.25, -0.2) is 13.9 Å². The van der Waals surface area contributed by atoms with Gasteiger partial charge >= 0.3 is 6.09 Å². The highest BCUT2D eigenvalue weighted by molar-refractivity contribution is 6.32. The zero-order valence-corrected chi connectivity index (χ0v) is 16.8. The van der Waals surface area contributed by atoms with Crippen LogP contribution in [0.4, 0.5) is 9.18 Å². The lowest BCUT2D eigenvalue weighted by molar-refractivity contribution is 0.0160. The lowest BCUT2D eigenvalue weighted by Gasteiger charge is -2.35. The molecule has 2 heterocycles. The van der Waals surface area contributed by atoms with E-state index < -0.39 is 5.60 Å². The number of carbonyl (C=O) groups excluding carboxylic acids is 1.